The predicted octanol–water partition coefficient (Wildman–Crippen LogP) is 2.66. The van der Waals surface area contributed by atoms with E-state index in [9.17, 15) is 4.79 Å². The van der Waals surface area contributed by atoms with Crippen LogP contribution in [0.1, 0.15) is 30.9 Å². The molecule has 1 aromatic carbocycles. The lowest BCUT2D eigenvalue weighted by molar-refractivity contribution is -0.138. The Morgan fingerprint density at radius 1 is 1.15 bits per heavy atom. The fraction of sp³-hybridized carbons (Fsp3) is 0.400. The molecular formula is C20H23N5O2. The quantitative estimate of drug-likeness (QED) is 0.833. The van der Waals surface area contributed by atoms with Gasteiger partial charge in [0.2, 0.25) is 5.91 Å². The first kappa shape index (κ1) is 17.5. The second kappa shape index (κ2) is 7.73. The Morgan fingerprint density at radius 3 is 2.67 bits per heavy atom. The highest BCUT2D eigenvalue weighted by molar-refractivity contribution is 5.82. The zero-order chi connectivity index (χ0) is 18.6. The van der Waals surface area contributed by atoms with E-state index < -0.39 is 0 Å². The van der Waals surface area contributed by atoms with E-state index in [-0.39, 0.29) is 17.9 Å². The fourth-order valence-electron chi connectivity index (χ4n) is 3.73. The fourth-order valence-corrected chi connectivity index (χ4v) is 3.73. The molecule has 2 aliphatic rings. The van der Waals surface area contributed by atoms with Crippen LogP contribution in [0, 0.1) is 5.92 Å². The number of aromatic nitrogens is 2. The van der Waals surface area contributed by atoms with Gasteiger partial charge >= 0.3 is 6.01 Å². The van der Waals surface area contributed by atoms with Gasteiger partial charge < -0.3 is 9.64 Å². The lowest BCUT2D eigenvalue weighted by Gasteiger charge is -2.34. The summed E-state index contributed by atoms with van der Waals surface area (Å²) in [6, 6.07) is 12.4. The number of carbonyl (C=O) groups is 1. The van der Waals surface area contributed by atoms with Crippen LogP contribution in [0.4, 0.5) is 5.82 Å². The molecule has 1 atom stereocenters. The molecule has 3 heterocycles. The molecule has 1 fully saturated rings. The predicted molar refractivity (Wildman–Crippen MR) is 103 cm³/mol. The first-order chi connectivity index (χ1) is 13.3. The SMILES string of the molecule is COc1nccc(N2CCC(C(=O)N3N=CC[C@H]3c3ccccc3)CC2)n1. The van der Waals surface area contributed by atoms with Crippen LogP contribution in [-0.4, -0.2) is 47.3 Å². The van der Waals surface area contributed by atoms with Crippen molar-refractivity contribution in [2.24, 2.45) is 11.0 Å². The molecule has 2 aromatic rings. The van der Waals surface area contributed by atoms with Crippen LogP contribution in [-0.2, 0) is 4.79 Å². The zero-order valence-corrected chi connectivity index (χ0v) is 15.4. The summed E-state index contributed by atoms with van der Waals surface area (Å²) in [5, 5.41) is 6.06. The standard InChI is InChI=1S/C20H23N5O2/c1-27-20-21-11-8-18(23-20)24-13-9-16(10-14-24)19(26)25-17(7-12-22-25)15-5-3-2-4-6-15/h2-6,8,11-12,16-17H,7,9-10,13-14H2,1H3/t17-/m0/s1. The summed E-state index contributed by atoms with van der Waals surface area (Å²) < 4.78 is 5.10. The van der Waals surface area contributed by atoms with Crippen LogP contribution < -0.4 is 9.64 Å². The van der Waals surface area contributed by atoms with Gasteiger partial charge in [-0.05, 0) is 24.5 Å². The van der Waals surface area contributed by atoms with Crippen molar-refractivity contribution in [3.8, 4) is 6.01 Å². The van der Waals surface area contributed by atoms with Gasteiger partial charge in [-0.2, -0.15) is 10.1 Å². The lowest BCUT2D eigenvalue weighted by Crippen LogP contribution is -2.41. The maximum absolute atomic E-state index is 13.1. The molecule has 27 heavy (non-hydrogen) atoms. The molecule has 0 unspecified atom stereocenters. The van der Waals surface area contributed by atoms with E-state index >= 15 is 0 Å². The average molecular weight is 365 g/mol. The molecule has 1 amide bonds. The minimum atomic E-state index is -0.00792. The second-order valence-electron chi connectivity index (χ2n) is 6.81. The van der Waals surface area contributed by atoms with Gasteiger partial charge in [0.15, 0.2) is 0 Å². The molecule has 0 spiro atoms. The molecular weight excluding hydrogens is 342 g/mol. The molecule has 0 N–H and O–H groups in total. The molecule has 7 heteroatoms. The maximum atomic E-state index is 13.1. The number of hydrogen-bond donors (Lipinski definition) is 0. The van der Waals surface area contributed by atoms with Crippen LogP contribution in [0.3, 0.4) is 0 Å². The minimum Gasteiger partial charge on any atom is -0.467 e. The van der Waals surface area contributed by atoms with Crippen molar-refractivity contribution in [2.75, 3.05) is 25.1 Å². The number of hydrazone groups is 1. The second-order valence-corrected chi connectivity index (χ2v) is 6.81. The number of nitrogens with zero attached hydrogens (tertiary/aromatic N) is 5. The van der Waals surface area contributed by atoms with E-state index in [0.29, 0.717) is 6.01 Å². The normalized spacial score (nSPS) is 20.1. The molecule has 2 aliphatic heterocycles. The number of anilines is 1. The van der Waals surface area contributed by atoms with Crippen molar-refractivity contribution in [3.63, 3.8) is 0 Å². The summed E-state index contributed by atoms with van der Waals surface area (Å²) in [5.74, 6) is 0.957. The van der Waals surface area contributed by atoms with Crippen LogP contribution >= 0.6 is 0 Å². The number of ether oxygens (including phenoxy) is 1. The highest BCUT2D eigenvalue weighted by atomic mass is 16.5. The van der Waals surface area contributed by atoms with Crippen molar-refractivity contribution in [1.29, 1.82) is 0 Å². The number of methoxy groups -OCH3 is 1. The van der Waals surface area contributed by atoms with Gasteiger partial charge in [-0.15, -0.1) is 0 Å². The van der Waals surface area contributed by atoms with E-state index in [1.54, 1.807) is 18.3 Å². The molecule has 0 aliphatic carbocycles. The monoisotopic (exact) mass is 365 g/mol. The Bertz CT molecular complexity index is 818. The highest BCUT2D eigenvalue weighted by Gasteiger charge is 2.34. The average Bonchev–Trinajstić information content (AvgIpc) is 3.24. The summed E-state index contributed by atoms with van der Waals surface area (Å²) >= 11 is 0. The first-order valence-corrected chi connectivity index (χ1v) is 9.28. The van der Waals surface area contributed by atoms with Crippen LogP contribution in [0.5, 0.6) is 6.01 Å². The smallest absolute Gasteiger partial charge is 0.318 e. The van der Waals surface area contributed by atoms with E-state index in [4.69, 9.17) is 4.74 Å². The van der Waals surface area contributed by atoms with E-state index in [1.807, 2.05) is 30.5 Å². The van der Waals surface area contributed by atoms with Crippen molar-refractivity contribution < 1.29 is 9.53 Å². The van der Waals surface area contributed by atoms with Crippen LogP contribution in [0.2, 0.25) is 0 Å². The Kier molecular flexibility index (Phi) is 5.00. The van der Waals surface area contributed by atoms with E-state index in [0.717, 1.165) is 43.7 Å². The van der Waals surface area contributed by atoms with Gasteiger partial charge in [0, 0.05) is 37.8 Å². The molecule has 0 saturated carbocycles. The van der Waals surface area contributed by atoms with Gasteiger partial charge in [0.25, 0.3) is 0 Å². The third-order valence-electron chi connectivity index (χ3n) is 5.21. The van der Waals surface area contributed by atoms with Crippen LogP contribution in [0.25, 0.3) is 0 Å². The van der Waals surface area contributed by atoms with Crippen LogP contribution in [0.15, 0.2) is 47.7 Å². The van der Waals surface area contributed by atoms with E-state index in [1.165, 1.54) is 0 Å². The molecule has 4 rings (SSSR count). The third kappa shape index (κ3) is 3.63. The van der Waals surface area contributed by atoms with Gasteiger partial charge in [0.1, 0.15) is 5.82 Å². The number of rotatable bonds is 4. The summed E-state index contributed by atoms with van der Waals surface area (Å²) in [5.41, 5.74) is 1.13. The van der Waals surface area contributed by atoms with Crippen molar-refractivity contribution in [1.82, 2.24) is 15.0 Å². The van der Waals surface area contributed by atoms with E-state index in [2.05, 4.69) is 32.1 Å². The maximum Gasteiger partial charge on any atom is 0.318 e. The lowest BCUT2D eigenvalue weighted by atomic mass is 9.94. The number of piperidine rings is 1. The summed E-state index contributed by atoms with van der Waals surface area (Å²) in [6.45, 7) is 1.56. The summed E-state index contributed by atoms with van der Waals surface area (Å²) in [6.07, 6.45) is 5.90. The molecule has 0 radical (unpaired) electrons. The minimum absolute atomic E-state index is 0.00792. The number of carbonyl (C=O) groups excluding carboxylic acids is 1. The van der Waals surface area contributed by atoms with Gasteiger partial charge in [-0.25, -0.2) is 9.99 Å². The summed E-state index contributed by atoms with van der Waals surface area (Å²) in [7, 11) is 1.56. The largest absolute Gasteiger partial charge is 0.467 e. The zero-order valence-electron chi connectivity index (χ0n) is 15.4. The molecule has 1 aromatic heterocycles. The summed E-state index contributed by atoms with van der Waals surface area (Å²) in [4.78, 5) is 23.7. The Labute approximate surface area is 158 Å². The highest BCUT2D eigenvalue weighted by Crippen LogP contribution is 2.32. The molecule has 140 valence electrons. The molecule has 7 nitrogen and oxygen atoms in total. The number of amides is 1. The first-order valence-electron chi connectivity index (χ1n) is 9.28. The van der Waals surface area contributed by atoms with Crippen molar-refractivity contribution in [2.45, 2.75) is 25.3 Å². The van der Waals surface area contributed by atoms with Crippen molar-refractivity contribution >= 4 is 17.9 Å². The Morgan fingerprint density at radius 2 is 1.93 bits per heavy atom. The molecule has 1 saturated heterocycles. The van der Waals surface area contributed by atoms with Gasteiger partial charge in [0.05, 0.1) is 13.2 Å². The topological polar surface area (TPSA) is 70.9 Å². The number of benzene rings is 1. The number of hydrogen-bond acceptors (Lipinski definition) is 6. The Hall–Kier alpha value is -2.96. The third-order valence-corrected chi connectivity index (χ3v) is 5.21. The Balaban J connectivity index is 1.40. The van der Waals surface area contributed by atoms with Gasteiger partial charge in [-0.1, -0.05) is 30.3 Å². The van der Waals surface area contributed by atoms with Gasteiger partial charge in [-0.3, -0.25) is 4.79 Å². The van der Waals surface area contributed by atoms with Crippen molar-refractivity contribution in [3.05, 3.63) is 48.2 Å². The molecule has 0 bridgehead atoms.